The predicted octanol–water partition coefficient (Wildman–Crippen LogP) is 3.69. The van der Waals surface area contributed by atoms with E-state index in [1.807, 2.05) is 7.05 Å². The van der Waals surface area contributed by atoms with E-state index in [-0.39, 0.29) is 0 Å². The summed E-state index contributed by atoms with van der Waals surface area (Å²) >= 11 is 0. The summed E-state index contributed by atoms with van der Waals surface area (Å²) in [7, 11) is 1.98. The Bertz CT molecular complexity index is 515. The van der Waals surface area contributed by atoms with Crippen LogP contribution in [0.25, 0.3) is 11.1 Å². The lowest BCUT2D eigenvalue weighted by molar-refractivity contribution is 0.818. The molecule has 0 bridgehead atoms. The Labute approximate surface area is 103 Å². The summed E-state index contributed by atoms with van der Waals surface area (Å²) < 4.78 is 0. The number of hydrogen-bond donors (Lipinski definition) is 1. The number of benzene rings is 2. The van der Waals surface area contributed by atoms with Crippen LogP contribution >= 0.6 is 0 Å². The Hall–Kier alpha value is -1.60. The molecule has 0 aliphatic heterocycles. The molecule has 17 heavy (non-hydrogen) atoms. The Balaban J connectivity index is 2.42. The van der Waals surface area contributed by atoms with Crippen molar-refractivity contribution in [3.8, 4) is 11.1 Å². The van der Waals surface area contributed by atoms with Gasteiger partial charge >= 0.3 is 0 Å². The van der Waals surface area contributed by atoms with Crippen molar-refractivity contribution in [2.24, 2.45) is 0 Å². The summed E-state index contributed by atoms with van der Waals surface area (Å²) in [5, 5.41) is 3.19. The minimum absolute atomic E-state index is 0.915. The van der Waals surface area contributed by atoms with Crippen LogP contribution in [0.3, 0.4) is 0 Å². The van der Waals surface area contributed by atoms with E-state index < -0.39 is 0 Å². The number of hydrogen-bond acceptors (Lipinski definition) is 1. The second-order valence-corrected chi connectivity index (χ2v) is 4.55. The molecule has 1 nitrogen and oxygen atoms in total. The van der Waals surface area contributed by atoms with Crippen LogP contribution in [0.15, 0.2) is 42.5 Å². The second kappa shape index (κ2) is 5.15. The monoisotopic (exact) mass is 225 g/mol. The van der Waals surface area contributed by atoms with E-state index >= 15 is 0 Å². The molecule has 2 aromatic carbocycles. The van der Waals surface area contributed by atoms with Crippen molar-refractivity contribution in [3.05, 3.63) is 59.2 Å². The highest BCUT2D eigenvalue weighted by atomic mass is 14.8. The van der Waals surface area contributed by atoms with Gasteiger partial charge in [0.1, 0.15) is 0 Å². The Morgan fingerprint density at radius 2 is 1.82 bits per heavy atom. The van der Waals surface area contributed by atoms with Gasteiger partial charge in [0.25, 0.3) is 0 Å². The van der Waals surface area contributed by atoms with Crippen LogP contribution in [-0.2, 0) is 6.54 Å². The van der Waals surface area contributed by atoms with Gasteiger partial charge in [0.2, 0.25) is 0 Å². The molecule has 2 aromatic rings. The van der Waals surface area contributed by atoms with Crippen molar-refractivity contribution in [3.63, 3.8) is 0 Å². The van der Waals surface area contributed by atoms with Gasteiger partial charge in [-0.15, -0.1) is 0 Å². The van der Waals surface area contributed by atoms with E-state index in [4.69, 9.17) is 0 Å². The molecule has 1 N–H and O–H groups in total. The molecule has 0 atom stereocenters. The Morgan fingerprint density at radius 3 is 2.53 bits per heavy atom. The van der Waals surface area contributed by atoms with Crippen molar-refractivity contribution in [2.45, 2.75) is 20.4 Å². The molecular formula is C16H19N. The summed E-state index contributed by atoms with van der Waals surface area (Å²) in [6, 6.07) is 15.3. The lowest BCUT2D eigenvalue weighted by Gasteiger charge is -2.09. The van der Waals surface area contributed by atoms with Gasteiger partial charge in [-0.1, -0.05) is 42.0 Å². The third kappa shape index (κ3) is 2.75. The standard InChI is InChI=1S/C16H19N/c1-12-7-8-16(13(2)9-12)15-6-4-5-14(10-15)11-17-3/h4-10,17H,11H2,1-3H3. The molecule has 0 aliphatic carbocycles. The second-order valence-electron chi connectivity index (χ2n) is 4.55. The highest BCUT2D eigenvalue weighted by Crippen LogP contribution is 2.24. The van der Waals surface area contributed by atoms with E-state index in [0.717, 1.165) is 6.54 Å². The zero-order chi connectivity index (χ0) is 12.3. The lowest BCUT2D eigenvalue weighted by Crippen LogP contribution is -2.04. The average Bonchev–Trinajstić information content (AvgIpc) is 2.29. The topological polar surface area (TPSA) is 12.0 Å². The van der Waals surface area contributed by atoms with Gasteiger partial charge in [0.15, 0.2) is 0 Å². The Kier molecular flexibility index (Phi) is 3.60. The maximum Gasteiger partial charge on any atom is 0.0202 e. The highest BCUT2D eigenvalue weighted by Gasteiger charge is 2.02. The summed E-state index contributed by atoms with van der Waals surface area (Å²) in [5.41, 5.74) is 6.61. The quantitative estimate of drug-likeness (QED) is 0.840. The lowest BCUT2D eigenvalue weighted by atomic mass is 9.97. The van der Waals surface area contributed by atoms with Crippen LogP contribution in [0.4, 0.5) is 0 Å². The first kappa shape index (κ1) is 11.9. The molecule has 0 aromatic heterocycles. The first-order chi connectivity index (χ1) is 8.20. The summed E-state index contributed by atoms with van der Waals surface area (Å²) in [6.45, 7) is 5.22. The van der Waals surface area contributed by atoms with Crippen molar-refractivity contribution in [1.82, 2.24) is 5.32 Å². The normalized spacial score (nSPS) is 10.5. The van der Waals surface area contributed by atoms with Crippen LogP contribution in [0, 0.1) is 13.8 Å². The molecule has 0 saturated carbocycles. The molecular weight excluding hydrogens is 206 g/mol. The molecule has 2 rings (SSSR count). The molecule has 88 valence electrons. The van der Waals surface area contributed by atoms with E-state index in [1.54, 1.807) is 0 Å². The molecule has 0 radical (unpaired) electrons. The van der Waals surface area contributed by atoms with E-state index in [2.05, 4.69) is 61.6 Å². The fourth-order valence-electron chi connectivity index (χ4n) is 2.19. The van der Waals surface area contributed by atoms with Crippen LogP contribution in [-0.4, -0.2) is 7.05 Å². The fraction of sp³-hybridized carbons (Fsp3) is 0.250. The third-order valence-electron chi connectivity index (χ3n) is 3.00. The molecule has 0 saturated heterocycles. The Morgan fingerprint density at radius 1 is 1.00 bits per heavy atom. The summed E-state index contributed by atoms with van der Waals surface area (Å²) in [4.78, 5) is 0. The SMILES string of the molecule is CNCc1cccc(-c2ccc(C)cc2C)c1. The maximum atomic E-state index is 3.19. The van der Waals surface area contributed by atoms with Crippen molar-refractivity contribution < 1.29 is 0 Å². The molecule has 0 fully saturated rings. The molecule has 1 heteroatoms. The van der Waals surface area contributed by atoms with Crippen molar-refractivity contribution in [1.29, 1.82) is 0 Å². The zero-order valence-corrected chi connectivity index (χ0v) is 10.7. The highest BCUT2D eigenvalue weighted by molar-refractivity contribution is 5.68. The zero-order valence-electron chi connectivity index (χ0n) is 10.7. The van der Waals surface area contributed by atoms with Gasteiger partial charge in [-0.25, -0.2) is 0 Å². The number of nitrogens with one attached hydrogen (secondary N) is 1. The minimum Gasteiger partial charge on any atom is -0.316 e. The van der Waals surface area contributed by atoms with Crippen LogP contribution in [0.2, 0.25) is 0 Å². The fourth-order valence-corrected chi connectivity index (χ4v) is 2.19. The van der Waals surface area contributed by atoms with Gasteiger partial charge in [-0.3, -0.25) is 0 Å². The van der Waals surface area contributed by atoms with Gasteiger partial charge in [0.05, 0.1) is 0 Å². The van der Waals surface area contributed by atoms with E-state index in [0.29, 0.717) is 0 Å². The van der Waals surface area contributed by atoms with Gasteiger partial charge < -0.3 is 5.32 Å². The minimum atomic E-state index is 0.915. The van der Waals surface area contributed by atoms with Gasteiger partial charge in [0, 0.05) is 6.54 Å². The largest absolute Gasteiger partial charge is 0.316 e. The number of rotatable bonds is 3. The average molecular weight is 225 g/mol. The maximum absolute atomic E-state index is 3.19. The predicted molar refractivity (Wildman–Crippen MR) is 74.1 cm³/mol. The van der Waals surface area contributed by atoms with Crippen molar-refractivity contribution in [2.75, 3.05) is 7.05 Å². The molecule has 0 amide bonds. The molecule has 0 unspecified atom stereocenters. The van der Waals surface area contributed by atoms with Gasteiger partial charge in [-0.05, 0) is 49.2 Å². The third-order valence-corrected chi connectivity index (χ3v) is 3.00. The molecule has 0 aliphatic rings. The van der Waals surface area contributed by atoms with Crippen LogP contribution in [0.1, 0.15) is 16.7 Å². The summed E-state index contributed by atoms with van der Waals surface area (Å²) in [6.07, 6.45) is 0. The van der Waals surface area contributed by atoms with Gasteiger partial charge in [-0.2, -0.15) is 0 Å². The number of aryl methyl sites for hydroxylation is 2. The first-order valence-corrected chi connectivity index (χ1v) is 6.02. The first-order valence-electron chi connectivity index (χ1n) is 6.02. The molecule has 0 spiro atoms. The smallest absolute Gasteiger partial charge is 0.0202 e. The van der Waals surface area contributed by atoms with Crippen LogP contribution in [0.5, 0.6) is 0 Å². The van der Waals surface area contributed by atoms with Crippen molar-refractivity contribution >= 4 is 0 Å². The van der Waals surface area contributed by atoms with E-state index in [9.17, 15) is 0 Å². The van der Waals surface area contributed by atoms with E-state index in [1.165, 1.54) is 27.8 Å². The molecule has 0 heterocycles. The van der Waals surface area contributed by atoms with Crippen LogP contribution < -0.4 is 5.32 Å². The summed E-state index contributed by atoms with van der Waals surface area (Å²) in [5.74, 6) is 0.